The van der Waals surface area contributed by atoms with Crippen molar-refractivity contribution in [2.45, 2.75) is 51.0 Å². The van der Waals surface area contributed by atoms with Crippen LogP contribution in [0.1, 0.15) is 45.4 Å². The Morgan fingerprint density at radius 1 is 1.43 bits per heavy atom. The highest BCUT2D eigenvalue weighted by molar-refractivity contribution is 5.89. The number of carbonyl (C=O) groups is 1. The molecule has 0 radical (unpaired) electrons. The first kappa shape index (κ1) is 11.3. The lowest BCUT2D eigenvalue weighted by Gasteiger charge is -2.35. The summed E-state index contributed by atoms with van der Waals surface area (Å²) in [5, 5.41) is 0. The molecule has 0 aromatic heterocycles. The van der Waals surface area contributed by atoms with Crippen molar-refractivity contribution in [1.29, 1.82) is 0 Å². The van der Waals surface area contributed by atoms with E-state index in [2.05, 4.69) is 5.92 Å². The predicted octanol–water partition coefficient (Wildman–Crippen LogP) is 2.32. The number of Topliss-reactive ketones (excluding diaryl/α,β-unsaturated/α-hetero) is 1. The van der Waals surface area contributed by atoms with Gasteiger partial charge in [-0.25, -0.2) is 0 Å². The summed E-state index contributed by atoms with van der Waals surface area (Å²) >= 11 is 0. The summed E-state index contributed by atoms with van der Waals surface area (Å²) in [7, 11) is 0. The highest BCUT2D eigenvalue weighted by Crippen LogP contribution is 2.33. The van der Waals surface area contributed by atoms with Gasteiger partial charge in [0.1, 0.15) is 5.60 Å². The molecule has 0 N–H and O–H groups in total. The average molecular weight is 194 g/mol. The highest BCUT2D eigenvalue weighted by Gasteiger charge is 2.39. The van der Waals surface area contributed by atoms with Crippen LogP contribution < -0.4 is 0 Å². The van der Waals surface area contributed by atoms with Crippen LogP contribution in [0.2, 0.25) is 0 Å². The fourth-order valence-electron chi connectivity index (χ4n) is 2.16. The van der Waals surface area contributed by atoms with Gasteiger partial charge in [0, 0.05) is 6.61 Å². The van der Waals surface area contributed by atoms with E-state index in [1.165, 1.54) is 6.42 Å². The van der Waals surface area contributed by atoms with Gasteiger partial charge < -0.3 is 4.74 Å². The lowest BCUT2D eigenvalue weighted by molar-refractivity contribution is -0.147. The van der Waals surface area contributed by atoms with Crippen molar-refractivity contribution in [2.24, 2.45) is 0 Å². The van der Waals surface area contributed by atoms with Gasteiger partial charge in [-0.2, -0.15) is 0 Å². The quantitative estimate of drug-likeness (QED) is 0.642. The lowest BCUT2D eigenvalue weighted by atomic mass is 9.80. The summed E-state index contributed by atoms with van der Waals surface area (Å²) < 4.78 is 5.64. The molecule has 78 valence electrons. The van der Waals surface area contributed by atoms with E-state index in [-0.39, 0.29) is 12.2 Å². The van der Waals surface area contributed by atoms with Crippen LogP contribution in [0.3, 0.4) is 0 Å². The van der Waals surface area contributed by atoms with Crippen molar-refractivity contribution in [3.05, 3.63) is 0 Å². The summed E-state index contributed by atoms with van der Waals surface area (Å²) in [6, 6.07) is 0. The first-order valence-corrected chi connectivity index (χ1v) is 5.36. The SMILES string of the molecule is C#CCC(=O)C1(OCC)CCCCC1. The molecule has 0 amide bonds. The van der Waals surface area contributed by atoms with Crippen molar-refractivity contribution in [1.82, 2.24) is 0 Å². The van der Waals surface area contributed by atoms with Crippen molar-refractivity contribution in [3.63, 3.8) is 0 Å². The summed E-state index contributed by atoms with van der Waals surface area (Å²) in [6.45, 7) is 2.52. The molecule has 1 aliphatic rings. The van der Waals surface area contributed by atoms with Gasteiger partial charge in [-0.3, -0.25) is 4.79 Å². The van der Waals surface area contributed by atoms with Gasteiger partial charge in [0.2, 0.25) is 0 Å². The first-order chi connectivity index (χ1) is 6.75. The number of ketones is 1. The fraction of sp³-hybridized carbons (Fsp3) is 0.750. The fourth-order valence-corrected chi connectivity index (χ4v) is 2.16. The molecule has 1 aliphatic carbocycles. The van der Waals surface area contributed by atoms with Crippen molar-refractivity contribution < 1.29 is 9.53 Å². The molecule has 0 heterocycles. The highest BCUT2D eigenvalue weighted by atomic mass is 16.5. The van der Waals surface area contributed by atoms with E-state index >= 15 is 0 Å². The second-order valence-corrected chi connectivity index (χ2v) is 3.79. The van der Waals surface area contributed by atoms with Crippen LogP contribution in [0.5, 0.6) is 0 Å². The first-order valence-electron chi connectivity index (χ1n) is 5.36. The second kappa shape index (κ2) is 5.17. The van der Waals surface area contributed by atoms with Crippen LogP contribution in [0.15, 0.2) is 0 Å². The van der Waals surface area contributed by atoms with Gasteiger partial charge in [-0.15, -0.1) is 6.42 Å². The Balaban J connectivity index is 2.69. The maximum absolute atomic E-state index is 11.8. The number of ether oxygens (including phenoxy) is 1. The number of hydrogen-bond donors (Lipinski definition) is 0. The molecule has 0 aliphatic heterocycles. The van der Waals surface area contributed by atoms with Crippen LogP contribution >= 0.6 is 0 Å². The van der Waals surface area contributed by atoms with E-state index in [9.17, 15) is 4.79 Å². The standard InChI is InChI=1S/C12H18O2/c1-3-8-11(13)12(14-4-2)9-6-5-7-10-12/h1H,4-10H2,2H3. The third kappa shape index (κ3) is 2.36. The van der Waals surface area contributed by atoms with Crippen LogP contribution in [-0.4, -0.2) is 18.0 Å². The van der Waals surface area contributed by atoms with E-state index in [1.54, 1.807) is 0 Å². The Morgan fingerprint density at radius 3 is 2.57 bits per heavy atom. The smallest absolute Gasteiger partial charge is 0.176 e. The Hall–Kier alpha value is -0.810. The van der Waals surface area contributed by atoms with Gasteiger partial charge in [0.25, 0.3) is 0 Å². The third-order valence-electron chi connectivity index (χ3n) is 2.85. The Labute approximate surface area is 86.0 Å². The van der Waals surface area contributed by atoms with Crippen LogP contribution in [0, 0.1) is 12.3 Å². The summed E-state index contributed by atoms with van der Waals surface area (Å²) in [4.78, 5) is 11.8. The molecule has 1 saturated carbocycles. The monoisotopic (exact) mass is 194 g/mol. The topological polar surface area (TPSA) is 26.3 Å². The molecular formula is C12H18O2. The largest absolute Gasteiger partial charge is 0.367 e. The summed E-state index contributed by atoms with van der Waals surface area (Å²) in [6.07, 6.45) is 10.4. The Bertz CT molecular complexity index is 226. The molecule has 1 rings (SSSR count). The zero-order valence-electron chi connectivity index (χ0n) is 8.84. The maximum atomic E-state index is 11.8. The second-order valence-electron chi connectivity index (χ2n) is 3.79. The molecular weight excluding hydrogens is 176 g/mol. The maximum Gasteiger partial charge on any atom is 0.176 e. The van der Waals surface area contributed by atoms with E-state index in [0.29, 0.717) is 6.61 Å². The molecule has 0 bridgehead atoms. The van der Waals surface area contributed by atoms with Crippen LogP contribution in [0.4, 0.5) is 0 Å². The summed E-state index contributed by atoms with van der Waals surface area (Å²) in [5.74, 6) is 2.52. The van der Waals surface area contributed by atoms with Gasteiger partial charge in [-0.1, -0.05) is 25.2 Å². The van der Waals surface area contributed by atoms with Crippen molar-refractivity contribution in [3.8, 4) is 12.3 Å². The minimum Gasteiger partial charge on any atom is -0.367 e. The van der Waals surface area contributed by atoms with Gasteiger partial charge >= 0.3 is 0 Å². The number of carbonyl (C=O) groups excluding carboxylic acids is 1. The number of hydrogen-bond acceptors (Lipinski definition) is 2. The molecule has 0 saturated heterocycles. The molecule has 0 atom stereocenters. The molecule has 0 aromatic rings. The third-order valence-corrected chi connectivity index (χ3v) is 2.85. The zero-order valence-corrected chi connectivity index (χ0v) is 8.84. The lowest BCUT2D eigenvalue weighted by Crippen LogP contribution is -2.43. The average Bonchev–Trinajstić information content (AvgIpc) is 2.20. The number of terminal acetylenes is 1. The normalized spacial score (nSPS) is 20.0. The Morgan fingerprint density at radius 2 is 2.07 bits per heavy atom. The zero-order chi connectivity index (χ0) is 10.4. The minimum absolute atomic E-state index is 0.0987. The molecule has 2 heteroatoms. The molecule has 14 heavy (non-hydrogen) atoms. The van der Waals surface area contributed by atoms with Crippen molar-refractivity contribution in [2.75, 3.05) is 6.61 Å². The molecule has 1 fully saturated rings. The van der Waals surface area contributed by atoms with Gasteiger partial charge in [0.05, 0.1) is 6.42 Å². The Kier molecular flexibility index (Phi) is 4.16. The van der Waals surface area contributed by atoms with E-state index in [0.717, 1.165) is 25.7 Å². The van der Waals surface area contributed by atoms with Crippen LogP contribution in [-0.2, 0) is 9.53 Å². The van der Waals surface area contributed by atoms with Gasteiger partial charge in [0.15, 0.2) is 5.78 Å². The van der Waals surface area contributed by atoms with E-state index < -0.39 is 5.60 Å². The van der Waals surface area contributed by atoms with E-state index in [4.69, 9.17) is 11.2 Å². The van der Waals surface area contributed by atoms with Gasteiger partial charge in [-0.05, 0) is 19.8 Å². The predicted molar refractivity (Wildman–Crippen MR) is 55.9 cm³/mol. The molecule has 0 spiro atoms. The number of rotatable bonds is 4. The molecule has 0 aromatic carbocycles. The van der Waals surface area contributed by atoms with Crippen LogP contribution in [0.25, 0.3) is 0 Å². The van der Waals surface area contributed by atoms with Crippen molar-refractivity contribution >= 4 is 5.78 Å². The summed E-state index contributed by atoms with van der Waals surface area (Å²) in [5.41, 5.74) is -0.542. The minimum atomic E-state index is -0.542. The molecule has 0 unspecified atom stereocenters. The molecule has 2 nitrogen and oxygen atoms in total. The van der Waals surface area contributed by atoms with E-state index in [1.807, 2.05) is 6.92 Å².